The quantitative estimate of drug-likeness (QED) is 0.773. The van der Waals surface area contributed by atoms with Crippen LogP contribution in [0, 0.1) is 29.1 Å². The molecule has 0 radical (unpaired) electrons. The number of ether oxygens (including phenoxy) is 1. The van der Waals surface area contributed by atoms with Crippen molar-refractivity contribution in [3.8, 4) is 0 Å². The summed E-state index contributed by atoms with van der Waals surface area (Å²) in [5.41, 5.74) is 0.776. The summed E-state index contributed by atoms with van der Waals surface area (Å²) < 4.78 is 6.58. The maximum atomic E-state index is 12.2. The third-order valence-electron chi connectivity index (χ3n) is 7.44. The van der Waals surface area contributed by atoms with Crippen molar-refractivity contribution in [3.63, 3.8) is 0 Å². The molecule has 3 saturated carbocycles. The summed E-state index contributed by atoms with van der Waals surface area (Å²) >= 11 is 0. The minimum atomic E-state index is -0.219. The zero-order valence-corrected chi connectivity index (χ0v) is 14.5. The van der Waals surface area contributed by atoms with Crippen molar-refractivity contribution in [2.45, 2.75) is 51.7 Å². The number of hydrogen-bond acceptors (Lipinski definition) is 3. The standard InChI is InChI=1S/C21H26O3/c1-14(23)17-11-16(12-22)20(2)19(17)18-9-6-10-21(18,20)24-13-15-7-4-3-5-8-15/h3-5,7-8,12,16-19H,6,9-11,13H2,1-2H3/t16-,17+,18-,19-,20-,21+/m0/s1. The lowest BCUT2D eigenvalue weighted by Gasteiger charge is -2.65. The normalized spacial score (nSPS) is 42.9. The highest BCUT2D eigenvalue weighted by Crippen LogP contribution is 2.76. The predicted octanol–water partition coefficient (Wildman–Crippen LogP) is 3.80. The first-order valence-electron chi connectivity index (χ1n) is 9.18. The third kappa shape index (κ3) is 1.88. The topological polar surface area (TPSA) is 43.4 Å². The molecule has 3 heteroatoms. The molecule has 0 spiro atoms. The van der Waals surface area contributed by atoms with Crippen LogP contribution in [0.25, 0.3) is 0 Å². The van der Waals surface area contributed by atoms with Gasteiger partial charge in [0, 0.05) is 17.3 Å². The SMILES string of the molecule is CC(=O)[C@H]1C[C@@H](C=O)[C@@]2(C)[C@@H]1[C@@H]1CCC[C@@]12OCc1ccccc1. The number of ketones is 1. The lowest BCUT2D eigenvalue weighted by molar-refractivity contribution is -0.276. The molecule has 3 aliphatic carbocycles. The van der Waals surface area contributed by atoms with Gasteiger partial charge in [-0.25, -0.2) is 0 Å². The Kier molecular flexibility index (Phi) is 3.68. The highest BCUT2D eigenvalue weighted by Gasteiger charge is 2.78. The Labute approximate surface area is 143 Å². The first-order chi connectivity index (χ1) is 11.5. The number of benzene rings is 1. The Morgan fingerprint density at radius 2 is 2.08 bits per heavy atom. The molecule has 3 fully saturated rings. The van der Waals surface area contributed by atoms with Crippen molar-refractivity contribution in [1.82, 2.24) is 0 Å². The number of Topliss-reactive ketones (excluding diaryl/α,β-unsaturated/α-hetero) is 1. The van der Waals surface area contributed by atoms with Crippen LogP contribution >= 0.6 is 0 Å². The lowest BCUT2D eigenvalue weighted by atomic mass is 9.43. The molecule has 1 aromatic rings. The molecule has 4 rings (SSSR count). The average Bonchev–Trinajstić information content (AvgIpc) is 3.09. The lowest BCUT2D eigenvalue weighted by Crippen LogP contribution is -2.69. The minimum Gasteiger partial charge on any atom is -0.369 e. The molecule has 0 amide bonds. The van der Waals surface area contributed by atoms with Gasteiger partial charge < -0.3 is 9.53 Å². The third-order valence-corrected chi connectivity index (χ3v) is 7.44. The Morgan fingerprint density at radius 3 is 2.75 bits per heavy atom. The number of carbonyl (C=O) groups is 2. The van der Waals surface area contributed by atoms with Crippen LogP contribution in [0.3, 0.4) is 0 Å². The molecule has 0 heterocycles. The molecule has 1 aromatic carbocycles. The maximum Gasteiger partial charge on any atom is 0.133 e. The molecule has 3 nitrogen and oxygen atoms in total. The second-order valence-corrected chi connectivity index (χ2v) is 8.17. The van der Waals surface area contributed by atoms with E-state index in [2.05, 4.69) is 19.1 Å². The van der Waals surface area contributed by atoms with E-state index >= 15 is 0 Å². The van der Waals surface area contributed by atoms with Gasteiger partial charge in [0.25, 0.3) is 0 Å². The maximum absolute atomic E-state index is 12.2. The smallest absolute Gasteiger partial charge is 0.133 e. The van der Waals surface area contributed by atoms with Gasteiger partial charge in [-0.3, -0.25) is 4.79 Å². The van der Waals surface area contributed by atoms with Gasteiger partial charge in [-0.2, -0.15) is 0 Å². The molecular weight excluding hydrogens is 300 g/mol. The van der Waals surface area contributed by atoms with Crippen LogP contribution in [0.2, 0.25) is 0 Å². The summed E-state index contributed by atoms with van der Waals surface area (Å²) in [5, 5.41) is 0. The summed E-state index contributed by atoms with van der Waals surface area (Å²) in [6, 6.07) is 10.2. The van der Waals surface area contributed by atoms with Gasteiger partial charge in [0.1, 0.15) is 12.1 Å². The van der Waals surface area contributed by atoms with E-state index in [1.54, 1.807) is 6.92 Å². The van der Waals surface area contributed by atoms with Crippen LogP contribution < -0.4 is 0 Å². The van der Waals surface area contributed by atoms with Gasteiger partial charge in [0.2, 0.25) is 0 Å². The fourth-order valence-corrected chi connectivity index (χ4v) is 6.41. The molecule has 0 aliphatic heterocycles. The Balaban J connectivity index is 1.65. The fraction of sp³-hybridized carbons (Fsp3) is 0.619. The molecular formula is C21H26O3. The van der Waals surface area contributed by atoms with Crippen molar-refractivity contribution in [2.75, 3.05) is 0 Å². The fourth-order valence-electron chi connectivity index (χ4n) is 6.41. The molecule has 0 saturated heterocycles. The van der Waals surface area contributed by atoms with Crippen molar-refractivity contribution < 1.29 is 14.3 Å². The van der Waals surface area contributed by atoms with E-state index in [0.29, 0.717) is 24.9 Å². The second kappa shape index (κ2) is 5.52. The van der Waals surface area contributed by atoms with Crippen LogP contribution in [0.15, 0.2) is 30.3 Å². The molecule has 0 unspecified atom stereocenters. The van der Waals surface area contributed by atoms with E-state index in [4.69, 9.17) is 4.74 Å². The molecule has 0 N–H and O–H groups in total. The van der Waals surface area contributed by atoms with Gasteiger partial charge in [0.05, 0.1) is 12.2 Å². The van der Waals surface area contributed by atoms with Crippen LogP contribution in [0.5, 0.6) is 0 Å². The van der Waals surface area contributed by atoms with Crippen LogP contribution in [-0.4, -0.2) is 17.7 Å². The van der Waals surface area contributed by atoms with Crippen molar-refractivity contribution in [1.29, 1.82) is 0 Å². The highest BCUT2D eigenvalue weighted by atomic mass is 16.5. The number of carbonyl (C=O) groups excluding carboxylic acids is 2. The monoisotopic (exact) mass is 326 g/mol. The Morgan fingerprint density at radius 1 is 1.33 bits per heavy atom. The average molecular weight is 326 g/mol. The van der Waals surface area contributed by atoms with Gasteiger partial charge >= 0.3 is 0 Å². The molecule has 3 aliphatic rings. The molecule has 24 heavy (non-hydrogen) atoms. The van der Waals surface area contributed by atoms with E-state index in [9.17, 15) is 9.59 Å². The van der Waals surface area contributed by atoms with E-state index in [0.717, 1.165) is 25.5 Å². The number of fused-ring (bicyclic) bond motifs is 4. The molecule has 0 aromatic heterocycles. The van der Waals surface area contributed by atoms with E-state index < -0.39 is 0 Å². The van der Waals surface area contributed by atoms with E-state index in [1.165, 1.54) is 5.56 Å². The summed E-state index contributed by atoms with van der Waals surface area (Å²) in [6.45, 7) is 4.50. The van der Waals surface area contributed by atoms with E-state index in [1.807, 2.05) is 18.2 Å². The largest absolute Gasteiger partial charge is 0.369 e. The summed E-state index contributed by atoms with van der Waals surface area (Å²) in [5.74, 6) is 0.996. The van der Waals surface area contributed by atoms with Crippen LogP contribution in [0.4, 0.5) is 0 Å². The number of rotatable bonds is 5. The summed E-state index contributed by atoms with van der Waals surface area (Å²) in [6.07, 6.45) is 5.10. The number of aldehydes is 1. The van der Waals surface area contributed by atoms with Gasteiger partial charge in [-0.05, 0) is 43.6 Å². The Hall–Kier alpha value is -1.48. The number of hydrogen-bond donors (Lipinski definition) is 0. The van der Waals surface area contributed by atoms with Gasteiger partial charge in [-0.15, -0.1) is 0 Å². The minimum absolute atomic E-state index is 0.0433. The van der Waals surface area contributed by atoms with Crippen molar-refractivity contribution in [3.05, 3.63) is 35.9 Å². The predicted molar refractivity (Wildman–Crippen MR) is 91.2 cm³/mol. The first-order valence-corrected chi connectivity index (χ1v) is 9.18. The first kappa shape index (κ1) is 16.0. The van der Waals surface area contributed by atoms with Crippen molar-refractivity contribution in [2.24, 2.45) is 29.1 Å². The van der Waals surface area contributed by atoms with Crippen LogP contribution in [0.1, 0.15) is 45.1 Å². The van der Waals surface area contributed by atoms with Gasteiger partial charge in [-0.1, -0.05) is 43.7 Å². The van der Waals surface area contributed by atoms with Crippen molar-refractivity contribution >= 4 is 12.1 Å². The zero-order valence-electron chi connectivity index (χ0n) is 14.5. The summed E-state index contributed by atoms with van der Waals surface area (Å²) in [7, 11) is 0. The molecule has 0 bridgehead atoms. The Bertz CT molecular complexity index is 654. The van der Waals surface area contributed by atoms with Crippen LogP contribution in [-0.2, 0) is 20.9 Å². The zero-order chi connectivity index (χ0) is 16.9. The molecule has 6 atom stereocenters. The highest BCUT2D eigenvalue weighted by molar-refractivity contribution is 5.81. The van der Waals surface area contributed by atoms with Gasteiger partial charge in [0.15, 0.2) is 0 Å². The molecule has 128 valence electrons. The summed E-state index contributed by atoms with van der Waals surface area (Å²) in [4.78, 5) is 24.0. The second-order valence-electron chi connectivity index (χ2n) is 8.17. The van der Waals surface area contributed by atoms with E-state index in [-0.39, 0.29) is 28.6 Å².